The number of aliphatic hydroxyl groups is 1. The molecule has 0 bridgehead atoms. The molecule has 1 saturated heterocycles. The summed E-state index contributed by atoms with van der Waals surface area (Å²) in [5.74, 6) is 0. The van der Waals surface area contributed by atoms with Crippen molar-refractivity contribution in [2.45, 2.75) is 69.0 Å². The number of ether oxygens (including phenoxy) is 1. The lowest BCUT2D eigenvalue weighted by Gasteiger charge is -2.39. The van der Waals surface area contributed by atoms with E-state index in [2.05, 4.69) is 33.9 Å². The van der Waals surface area contributed by atoms with Crippen LogP contribution in [0.2, 0.25) is 18.1 Å². The maximum atomic E-state index is 12.7. The Hall–Kier alpha value is -0.773. The fourth-order valence-corrected chi connectivity index (χ4v) is 4.92. The molecule has 1 heterocycles. The molecule has 2 rings (SSSR count). The van der Waals surface area contributed by atoms with Crippen molar-refractivity contribution in [3.63, 3.8) is 0 Å². The smallest absolute Gasteiger partial charge is 0.297 e. The molecule has 6 nitrogen and oxygen atoms in total. The second-order valence-corrected chi connectivity index (χ2v) is 14.6. The lowest BCUT2D eigenvalue weighted by molar-refractivity contribution is 0.0103. The minimum Gasteiger partial charge on any atom is -0.409 e. The van der Waals surface area contributed by atoms with Crippen LogP contribution in [0.25, 0.3) is 0 Å². The van der Waals surface area contributed by atoms with Crippen LogP contribution < -0.4 is 0 Å². The Morgan fingerprint density at radius 2 is 1.81 bits per heavy atom. The van der Waals surface area contributed by atoms with Gasteiger partial charge in [-0.3, -0.25) is 4.18 Å². The van der Waals surface area contributed by atoms with Crippen LogP contribution in [0.4, 0.5) is 0 Å². The van der Waals surface area contributed by atoms with Crippen molar-refractivity contribution in [2.24, 2.45) is 0 Å². The number of rotatable bonds is 6. The molecule has 1 aromatic rings. The van der Waals surface area contributed by atoms with Gasteiger partial charge in [-0.2, -0.15) is 8.42 Å². The summed E-state index contributed by atoms with van der Waals surface area (Å²) in [7, 11) is -6.14. The molecule has 0 saturated carbocycles. The van der Waals surface area contributed by atoms with Gasteiger partial charge in [0.05, 0.1) is 24.2 Å². The molecule has 0 amide bonds. The van der Waals surface area contributed by atoms with E-state index < -0.39 is 36.7 Å². The summed E-state index contributed by atoms with van der Waals surface area (Å²) in [4.78, 5) is 0.0813. The monoisotopic (exact) mass is 402 g/mol. The van der Waals surface area contributed by atoms with Gasteiger partial charge in [0.1, 0.15) is 12.2 Å². The van der Waals surface area contributed by atoms with Crippen molar-refractivity contribution < 1.29 is 26.9 Å². The van der Waals surface area contributed by atoms with E-state index in [9.17, 15) is 13.5 Å². The molecule has 0 aromatic heterocycles. The van der Waals surface area contributed by atoms with Gasteiger partial charge in [-0.15, -0.1) is 0 Å². The van der Waals surface area contributed by atoms with E-state index in [1.54, 1.807) is 12.1 Å². The van der Waals surface area contributed by atoms with Gasteiger partial charge in [-0.25, -0.2) is 0 Å². The minimum atomic E-state index is -3.98. The third kappa shape index (κ3) is 4.74. The molecule has 1 aromatic carbocycles. The normalized spacial score (nSPS) is 24.8. The molecule has 1 aliphatic rings. The molecule has 1 fully saturated rings. The van der Waals surface area contributed by atoms with E-state index in [1.165, 1.54) is 12.1 Å². The van der Waals surface area contributed by atoms with Crippen molar-refractivity contribution in [1.29, 1.82) is 0 Å². The molecule has 148 valence electrons. The van der Waals surface area contributed by atoms with E-state index in [0.29, 0.717) is 0 Å². The van der Waals surface area contributed by atoms with Gasteiger partial charge in [-0.05, 0) is 37.2 Å². The van der Waals surface area contributed by atoms with E-state index >= 15 is 0 Å². The summed E-state index contributed by atoms with van der Waals surface area (Å²) in [6.45, 7) is 12.3. The summed E-state index contributed by atoms with van der Waals surface area (Å²) in [6.07, 6.45) is -2.14. The zero-order valence-electron chi connectivity index (χ0n) is 16.4. The Kier molecular flexibility index (Phi) is 6.37. The number of aryl methyl sites for hydroxylation is 1. The fourth-order valence-electron chi connectivity index (χ4n) is 2.49. The molecule has 8 heteroatoms. The van der Waals surface area contributed by atoms with Gasteiger partial charge in [0.2, 0.25) is 0 Å². The Labute approximate surface area is 157 Å². The first-order valence-corrected chi connectivity index (χ1v) is 13.1. The zero-order chi connectivity index (χ0) is 19.8. The molecule has 1 N–H and O–H groups in total. The maximum absolute atomic E-state index is 12.7. The number of hydrogen-bond donors (Lipinski definition) is 1. The standard InChI is InChI=1S/C18H30O6SSi/c1-13-7-9-14(10-8-13)25(20,21)23-17-15(11-19)22-12-16(17)24-26(5,6)18(2,3)4/h7-10,15-17,19H,11-12H2,1-6H3/t15-,16+,17+/m0/s1. The predicted octanol–water partition coefficient (Wildman–Crippen LogP) is 2.85. The lowest BCUT2D eigenvalue weighted by Crippen LogP contribution is -2.49. The average molecular weight is 403 g/mol. The highest BCUT2D eigenvalue weighted by Gasteiger charge is 2.47. The van der Waals surface area contributed by atoms with Crippen molar-refractivity contribution in [3.05, 3.63) is 29.8 Å². The topological polar surface area (TPSA) is 82.1 Å². The highest BCUT2D eigenvalue weighted by Crippen LogP contribution is 2.39. The van der Waals surface area contributed by atoms with Crippen LogP contribution in [0.5, 0.6) is 0 Å². The summed E-state index contributed by atoms with van der Waals surface area (Å²) >= 11 is 0. The van der Waals surface area contributed by atoms with E-state index in [0.717, 1.165) is 5.56 Å². The van der Waals surface area contributed by atoms with E-state index in [1.807, 2.05) is 6.92 Å². The van der Waals surface area contributed by atoms with Gasteiger partial charge in [0.25, 0.3) is 10.1 Å². The SMILES string of the molecule is Cc1ccc(S(=O)(=O)O[C@@H]2[C@H](CO)OC[C@H]2O[Si](C)(C)C(C)(C)C)cc1. The highest BCUT2D eigenvalue weighted by atomic mass is 32.2. The van der Waals surface area contributed by atoms with Crippen LogP contribution in [0.1, 0.15) is 26.3 Å². The Morgan fingerprint density at radius 3 is 2.31 bits per heavy atom. The first-order valence-electron chi connectivity index (χ1n) is 8.77. The van der Waals surface area contributed by atoms with Gasteiger partial charge in [0, 0.05) is 0 Å². The van der Waals surface area contributed by atoms with Crippen LogP contribution in [0.15, 0.2) is 29.2 Å². The van der Waals surface area contributed by atoms with Crippen molar-refractivity contribution in [1.82, 2.24) is 0 Å². The maximum Gasteiger partial charge on any atom is 0.297 e. The molecule has 26 heavy (non-hydrogen) atoms. The van der Waals surface area contributed by atoms with Gasteiger partial charge in [0.15, 0.2) is 8.32 Å². The zero-order valence-corrected chi connectivity index (χ0v) is 18.2. The quantitative estimate of drug-likeness (QED) is 0.582. The van der Waals surface area contributed by atoms with Crippen molar-refractivity contribution in [2.75, 3.05) is 13.2 Å². The molecule has 0 unspecified atom stereocenters. The first-order chi connectivity index (χ1) is 11.9. The Morgan fingerprint density at radius 1 is 1.23 bits per heavy atom. The number of hydrogen-bond acceptors (Lipinski definition) is 6. The molecule has 1 aliphatic heterocycles. The summed E-state index contributed by atoms with van der Waals surface area (Å²) in [5, 5.41) is 9.54. The molecule has 0 radical (unpaired) electrons. The van der Waals surface area contributed by atoms with Crippen LogP contribution >= 0.6 is 0 Å². The Balaban J connectivity index is 2.24. The Bertz CT molecular complexity index is 708. The molecular formula is C18H30O6SSi. The number of aliphatic hydroxyl groups excluding tert-OH is 1. The lowest BCUT2D eigenvalue weighted by atomic mass is 10.2. The van der Waals surface area contributed by atoms with E-state index in [-0.39, 0.29) is 23.1 Å². The van der Waals surface area contributed by atoms with Crippen molar-refractivity contribution >= 4 is 18.4 Å². The van der Waals surface area contributed by atoms with Crippen LogP contribution in [0, 0.1) is 6.92 Å². The average Bonchev–Trinajstić information content (AvgIpc) is 2.87. The first kappa shape index (κ1) is 21.5. The highest BCUT2D eigenvalue weighted by molar-refractivity contribution is 7.86. The summed E-state index contributed by atoms with van der Waals surface area (Å²) in [5.41, 5.74) is 0.959. The summed E-state index contributed by atoms with van der Waals surface area (Å²) in [6, 6.07) is 6.46. The van der Waals surface area contributed by atoms with Crippen LogP contribution in [-0.2, 0) is 23.5 Å². The second kappa shape index (κ2) is 7.69. The van der Waals surface area contributed by atoms with Crippen molar-refractivity contribution in [3.8, 4) is 0 Å². The molecule has 3 atom stereocenters. The van der Waals surface area contributed by atoms with Gasteiger partial charge < -0.3 is 14.3 Å². The van der Waals surface area contributed by atoms with Gasteiger partial charge >= 0.3 is 0 Å². The third-order valence-electron chi connectivity index (χ3n) is 5.19. The van der Waals surface area contributed by atoms with E-state index in [4.69, 9.17) is 13.3 Å². The van der Waals surface area contributed by atoms with Crippen LogP contribution in [-0.4, -0.2) is 53.4 Å². The molecule has 0 aliphatic carbocycles. The van der Waals surface area contributed by atoms with Gasteiger partial charge in [-0.1, -0.05) is 38.5 Å². The fraction of sp³-hybridized carbons (Fsp3) is 0.667. The number of benzene rings is 1. The summed E-state index contributed by atoms with van der Waals surface area (Å²) < 4.78 is 42.7. The third-order valence-corrected chi connectivity index (χ3v) is 11.0. The second-order valence-electron chi connectivity index (χ2n) is 8.30. The predicted molar refractivity (Wildman–Crippen MR) is 102 cm³/mol. The van der Waals surface area contributed by atoms with Crippen LogP contribution in [0.3, 0.4) is 0 Å². The molecule has 0 spiro atoms. The minimum absolute atomic E-state index is 0.0370. The molecular weight excluding hydrogens is 372 g/mol. The largest absolute Gasteiger partial charge is 0.409 e.